The van der Waals surface area contributed by atoms with Crippen molar-refractivity contribution in [3.63, 3.8) is 0 Å². The molecular formula is C17H15NO2. The molecule has 3 aromatic rings. The van der Waals surface area contributed by atoms with Gasteiger partial charge in [0.1, 0.15) is 6.26 Å². The van der Waals surface area contributed by atoms with Crippen molar-refractivity contribution in [2.24, 2.45) is 0 Å². The fourth-order valence-corrected chi connectivity index (χ4v) is 2.29. The first-order valence-electron chi connectivity index (χ1n) is 6.49. The molecule has 0 saturated carbocycles. The monoisotopic (exact) mass is 265 g/mol. The Hall–Kier alpha value is -2.55. The number of carbonyl (C=O) groups is 1. The second-order valence-electron chi connectivity index (χ2n) is 4.85. The smallest absolute Gasteiger partial charge is 0.257 e. The van der Waals surface area contributed by atoms with Crippen LogP contribution in [0.1, 0.15) is 15.9 Å². The van der Waals surface area contributed by atoms with Crippen LogP contribution in [-0.4, -0.2) is 17.9 Å². The Morgan fingerprint density at radius 1 is 1.10 bits per heavy atom. The number of hydrogen-bond donors (Lipinski definition) is 0. The average Bonchev–Trinajstić information content (AvgIpc) is 3.00. The van der Waals surface area contributed by atoms with Gasteiger partial charge in [0.05, 0.1) is 11.8 Å². The normalized spacial score (nSPS) is 10.7. The Labute approximate surface area is 117 Å². The maximum Gasteiger partial charge on any atom is 0.257 e. The van der Waals surface area contributed by atoms with Crippen molar-refractivity contribution in [1.29, 1.82) is 0 Å². The zero-order valence-corrected chi connectivity index (χ0v) is 11.2. The number of amides is 1. The number of carbonyl (C=O) groups excluding carboxylic acids is 1. The molecule has 0 atom stereocenters. The van der Waals surface area contributed by atoms with Crippen molar-refractivity contribution in [3.05, 3.63) is 72.2 Å². The van der Waals surface area contributed by atoms with Crippen LogP contribution in [0.25, 0.3) is 10.8 Å². The zero-order valence-electron chi connectivity index (χ0n) is 11.2. The zero-order chi connectivity index (χ0) is 13.9. The molecule has 0 aliphatic rings. The van der Waals surface area contributed by atoms with E-state index in [4.69, 9.17) is 4.42 Å². The van der Waals surface area contributed by atoms with Crippen molar-refractivity contribution >= 4 is 16.7 Å². The summed E-state index contributed by atoms with van der Waals surface area (Å²) in [6, 6.07) is 16.1. The molecule has 0 unspecified atom stereocenters. The first kappa shape index (κ1) is 12.5. The summed E-state index contributed by atoms with van der Waals surface area (Å²) in [5, 5.41) is 2.40. The quantitative estimate of drug-likeness (QED) is 0.723. The molecule has 0 fully saturated rings. The van der Waals surface area contributed by atoms with Gasteiger partial charge in [0.25, 0.3) is 5.91 Å². The van der Waals surface area contributed by atoms with E-state index in [1.165, 1.54) is 23.3 Å². The number of nitrogens with zero attached hydrogens (tertiary/aromatic N) is 1. The number of hydrogen-bond acceptors (Lipinski definition) is 2. The molecular weight excluding hydrogens is 250 g/mol. The lowest BCUT2D eigenvalue weighted by Gasteiger charge is -2.16. The molecule has 100 valence electrons. The van der Waals surface area contributed by atoms with Crippen LogP contribution in [0.4, 0.5) is 0 Å². The summed E-state index contributed by atoms with van der Waals surface area (Å²) in [6.45, 7) is 0.578. The number of rotatable bonds is 3. The van der Waals surface area contributed by atoms with Gasteiger partial charge in [-0.15, -0.1) is 0 Å². The topological polar surface area (TPSA) is 33.5 Å². The van der Waals surface area contributed by atoms with Crippen molar-refractivity contribution in [3.8, 4) is 0 Å². The van der Waals surface area contributed by atoms with Gasteiger partial charge in [0.2, 0.25) is 0 Å². The second-order valence-corrected chi connectivity index (χ2v) is 4.85. The molecule has 3 heteroatoms. The van der Waals surface area contributed by atoms with Gasteiger partial charge >= 0.3 is 0 Å². The molecule has 1 heterocycles. The molecule has 3 rings (SSSR count). The highest BCUT2D eigenvalue weighted by Gasteiger charge is 2.13. The van der Waals surface area contributed by atoms with Gasteiger partial charge in [-0.2, -0.15) is 0 Å². The van der Waals surface area contributed by atoms with Crippen molar-refractivity contribution in [1.82, 2.24) is 4.90 Å². The molecule has 20 heavy (non-hydrogen) atoms. The highest BCUT2D eigenvalue weighted by molar-refractivity contribution is 5.93. The molecule has 0 aliphatic heterocycles. The van der Waals surface area contributed by atoms with Gasteiger partial charge in [0.15, 0.2) is 0 Å². The first-order valence-corrected chi connectivity index (χ1v) is 6.49. The van der Waals surface area contributed by atoms with Crippen molar-refractivity contribution in [2.45, 2.75) is 6.54 Å². The lowest BCUT2D eigenvalue weighted by atomic mass is 10.1. The number of furan rings is 1. The molecule has 0 saturated heterocycles. The minimum Gasteiger partial charge on any atom is -0.472 e. The Balaban J connectivity index is 1.80. The molecule has 0 aliphatic carbocycles. The minimum absolute atomic E-state index is 0.0353. The van der Waals surface area contributed by atoms with Gasteiger partial charge in [-0.05, 0) is 28.5 Å². The lowest BCUT2D eigenvalue weighted by Crippen LogP contribution is -2.25. The summed E-state index contributed by atoms with van der Waals surface area (Å²) in [6.07, 6.45) is 2.98. The third kappa shape index (κ3) is 2.43. The van der Waals surface area contributed by atoms with Crippen LogP contribution >= 0.6 is 0 Å². The largest absolute Gasteiger partial charge is 0.472 e. The summed E-state index contributed by atoms with van der Waals surface area (Å²) in [5.74, 6) is -0.0353. The van der Waals surface area contributed by atoms with Gasteiger partial charge < -0.3 is 9.32 Å². The third-order valence-corrected chi connectivity index (χ3v) is 3.35. The molecule has 1 amide bonds. The number of benzene rings is 2. The van der Waals surface area contributed by atoms with Crippen LogP contribution in [0.3, 0.4) is 0 Å². The van der Waals surface area contributed by atoms with Crippen LogP contribution in [0.5, 0.6) is 0 Å². The standard InChI is InChI=1S/C17H15NO2/c1-18(17(19)16-8-9-20-12-16)11-13-6-7-14-4-2-3-5-15(14)10-13/h2-10,12H,11H2,1H3. The molecule has 0 radical (unpaired) electrons. The molecule has 0 bridgehead atoms. The minimum atomic E-state index is -0.0353. The van der Waals surface area contributed by atoms with Crippen LogP contribution in [0.15, 0.2) is 65.5 Å². The molecule has 1 aromatic heterocycles. The fourth-order valence-electron chi connectivity index (χ4n) is 2.29. The van der Waals surface area contributed by atoms with E-state index < -0.39 is 0 Å². The maximum atomic E-state index is 12.1. The first-order chi connectivity index (χ1) is 9.74. The van der Waals surface area contributed by atoms with Crippen LogP contribution in [0, 0.1) is 0 Å². The van der Waals surface area contributed by atoms with E-state index in [-0.39, 0.29) is 5.91 Å². The summed E-state index contributed by atoms with van der Waals surface area (Å²) in [5.41, 5.74) is 1.69. The third-order valence-electron chi connectivity index (χ3n) is 3.35. The van der Waals surface area contributed by atoms with Gasteiger partial charge in [-0.3, -0.25) is 4.79 Å². The van der Waals surface area contributed by atoms with E-state index in [0.29, 0.717) is 12.1 Å². The highest BCUT2D eigenvalue weighted by Crippen LogP contribution is 2.17. The van der Waals surface area contributed by atoms with E-state index in [0.717, 1.165) is 5.56 Å². The van der Waals surface area contributed by atoms with E-state index in [9.17, 15) is 4.79 Å². The van der Waals surface area contributed by atoms with Gasteiger partial charge in [-0.25, -0.2) is 0 Å². The van der Waals surface area contributed by atoms with Crippen molar-refractivity contribution < 1.29 is 9.21 Å². The van der Waals surface area contributed by atoms with E-state index >= 15 is 0 Å². The summed E-state index contributed by atoms with van der Waals surface area (Å²) in [4.78, 5) is 13.8. The maximum absolute atomic E-state index is 12.1. The number of fused-ring (bicyclic) bond motifs is 1. The Morgan fingerprint density at radius 3 is 2.65 bits per heavy atom. The summed E-state index contributed by atoms with van der Waals surface area (Å²) in [7, 11) is 1.80. The SMILES string of the molecule is CN(Cc1ccc2ccccc2c1)C(=O)c1ccoc1. The van der Waals surface area contributed by atoms with E-state index in [1.54, 1.807) is 18.0 Å². The average molecular weight is 265 g/mol. The second kappa shape index (κ2) is 5.21. The van der Waals surface area contributed by atoms with Crippen molar-refractivity contribution in [2.75, 3.05) is 7.05 Å². The summed E-state index contributed by atoms with van der Waals surface area (Å²) < 4.78 is 4.95. The van der Waals surface area contributed by atoms with Crippen LogP contribution in [0.2, 0.25) is 0 Å². The van der Waals surface area contributed by atoms with E-state index in [1.807, 2.05) is 12.1 Å². The van der Waals surface area contributed by atoms with Gasteiger partial charge in [-0.1, -0.05) is 36.4 Å². The fraction of sp³-hybridized carbons (Fsp3) is 0.118. The van der Waals surface area contributed by atoms with E-state index in [2.05, 4.69) is 30.3 Å². The van der Waals surface area contributed by atoms with Gasteiger partial charge in [0, 0.05) is 13.6 Å². The molecule has 2 aromatic carbocycles. The molecule has 0 N–H and O–H groups in total. The Morgan fingerprint density at radius 2 is 1.90 bits per heavy atom. The highest BCUT2D eigenvalue weighted by atomic mass is 16.3. The molecule has 0 spiro atoms. The molecule has 3 nitrogen and oxygen atoms in total. The predicted octanol–water partition coefficient (Wildman–Crippen LogP) is 3.71. The van der Waals surface area contributed by atoms with Crippen LogP contribution in [-0.2, 0) is 6.54 Å². The van der Waals surface area contributed by atoms with Crippen LogP contribution < -0.4 is 0 Å². The predicted molar refractivity (Wildman–Crippen MR) is 78.5 cm³/mol. The summed E-state index contributed by atoms with van der Waals surface area (Å²) >= 11 is 0. The Bertz CT molecular complexity index is 732. The lowest BCUT2D eigenvalue weighted by molar-refractivity contribution is 0.0784. The Kier molecular flexibility index (Phi) is 3.25.